The predicted octanol–water partition coefficient (Wildman–Crippen LogP) is 2.52. The van der Waals surface area contributed by atoms with Crippen molar-refractivity contribution in [1.29, 1.82) is 0 Å². The normalized spacial score (nSPS) is 22.3. The molecule has 122 valence electrons. The van der Waals surface area contributed by atoms with E-state index in [1.165, 1.54) is 0 Å². The Morgan fingerprint density at radius 3 is 2.41 bits per heavy atom. The van der Waals surface area contributed by atoms with Crippen molar-refractivity contribution < 1.29 is 14.7 Å². The maximum absolute atomic E-state index is 12.4. The number of halogens is 1. The Kier molecular flexibility index (Phi) is 6.38. The number of carbonyl (C=O) groups is 2. The predicted molar refractivity (Wildman–Crippen MR) is 87.5 cm³/mol. The van der Waals surface area contributed by atoms with Crippen molar-refractivity contribution >= 4 is 24.3 Å². The minimum absolute atomic E-state index is 0. The Labute approximate surface area is 136 Å². The third kappa shape index (κ3) is 4.21. The number of hydrogen-bond acceptors (Lipinski definition) is 3. The van der Waals surface area contributed by atoms with Crippen LogP contribution in [0.2, 0.25) is 0 Å². The largest absolute Gasteiger partial charge is 0.478 e. The fraction of sp³-hybridized carbons (Fsp3) is 0.500. The standard InChI is InChI=1S/C16H22N2O3.ClH/c1-11(12-5-7-13(8-6-12)14(19)20)18-15(21)16(2)9-3-4-10-17-16;/h5-8,11,17H,3-4,9-10H2,1-2H3,(H,18,21)(H,19,20);1H/t11-,16+;/m0./s1. The van der Waals surface area contributed by atoms with E-state index in [4.69, 9.17) is 5.11 Å². The van der Waals surface area contributed by atoms with Crippen molar-refractivity contribution in [2.24, 2.45) is 0 Å². The van der Waals surface area contributed by atoms with Gasteiger partial charge in [0.2, 0.25) is 5.91 Å². The first-order valence-electron chi connectivity index (χ1n) is 7.32. The Morgan fingerprint density at radius 2 is 1.91 bits per heavy atom. The van der Waals surface area contributed by atoms with E-state index in [2.05, 4.69) is 10.6 Å². The quantitative estimate of drug-likeness (QED) is 0.794. The van der Waals surface area contributed by atoms with Gasteiger partial charge in [-0.2, -0.15) is 0 Å². The van der Waals surface area contributed by atoms with Crippen molar-refractivity contribution in [3.05, 3.63) is 35.4 Å². The molecule has 1 aliphatic heterocycles. The molecule has 1 aliphatic rings. The lowest BCUT2D eigenvalue weighted by Gasteiger charge is -2.34. The van der Waals surface area contributed by atoms with Gasteiger partial charge >= 0.3 is 5.97 Å². The molecular formula is C16H23ClN2O3. The second-order valence-corrected chi connectivity index (χ2v) is 5.84. The number of aromatic carboxylic acids is 1. The van der Waals surface area contributed by atoms with Gasteiger partial charge in [0.15, 0.2) is 0 Å². The summed E-state index contributed by atoms with van der Waals surface area (Å²) in [6.07, 6.45) is 3.00. The summed E-state index contributed by atoms with van der Waals surface area (Å²) in [6.45, 7) is 4.70. The molecule has 0 unspecified atom stereocenters. The maximum Gasteiger partial charge on any atom is 0.335 e. The zero-order valence-corrected chi connectivity index (χ0v) is 13.7. The number of carbonyl (C=O) groups excluding carboxylic acids is 1. The number of hydrogen-bond donors (Lipinski definition) is 3. The number of piperidine rings is 1. The summed E-state index contributed by atoms with van der Waals surface area (Å²) in [6, 6.07) is 6.44. The number of rotatable bonds is 4. The molecule has 0 bridgehead atoms. The van der Waals surface area contributed by atoms with Gasteiger partial charge in [0.05, 0.1) is 17.1 Å². The van der Waals surface area contributed by atoms with Crippen LogP contribution in [0.4, 0.5) is 0 Å². The van der Waals surface area contributed by atoms with Gasteiger partial charge in [0.1, 0.15) is 0 Å². The first-order chi connectivity index (χ1) is 9.92. The maximum atomic E-state index is 12.4. The van der Waals surface area contributed by atoms with E-state index in [9.17, 15) is 9.59 Å². The molecule has 1 saturated heterocycles. The van der Waals surface area contributed by atoms with Crippen LogP contribution in [0, 0.1) is 0 Å². The lowest BCUT2D eigenvalue weighted by Crippen LogP contribution is -2.57. The number of nitrogens with one attached hydrogen (secondary N) is 2. The van der Waals surface area contributed by atoms with Crippen LogP contribution in [-0.4, -0.2) is 29.1 Å². The Bertz CT molecular complexity index is 525. The number of carboxylic acids is 1. The van der Waals surface area contributed by atoms with E-state index >= 15 is 0 Å². The molecule has 6 heteroatoms. The van der Waals surface area contributed by atoms with Gasteiger partial charge in [-0.05, 0) is 57.4 Å². The van der Waals surface area contributed by atoms with Crippen LogP contribution >= 0.6 is 12.4 Å². The zero-order chi connectivity index (χ0) is 15.5. The molecule has 0 saturated carbocycles. The van der Waals surface area contributed by atoms with Crippen molar-refractivity contribution in [3.8, 4) is 0 Å². The smallest absolute Gasteiger partial charge is 0.335 e. The minimum atomic E-state index is -0.947. The van der Waals surface area contributed by atoms with Gasteiger partial charge in [-0.15, -0.1) is 12.4 Å². The molecule has 0 radical (unpaired) electrons. The van der Waals surface area contributed by atoms with Crippen LogP contribution in [0.1, 0.15) is 55.1 Å². The molecule has 1 amide bonds. The van der Waals surface area contributed by atoms with E-state index in [1.54, 1.807) is 24.3 Å². The van der Waals surface area contributed by atoms with Crippen LogP contribution in [0.3, 0.4) is 0 Å². The summed E-state index contributed by atoms with van der Waals surface area (Å²) in [5, 5.41) is 15.2. The number of amides is 1. The highest BCUT2D eigenvalue weighted by molar-refractivity contribution is 5.88. The molecule has 2 atom stereocenters. The van der Waals surface area contributed by atoms with Crippen molar-refractivity contribution in [2.45, 2.75) is 44.7 Å². The average molecular weight is 327 g/mol. The Balaban J connectivity index is 0.00000242. The number of carboxylic acid groups (broad SMARTS) is 1. The van der Waals surface area contributed by atoms with Crippen LogP contribution in [0.15, 0.2) is 24.3 Å². The van der Waals surface area contributed by atoms with Gasteiger partial charge in [-0.25, -0.2) is 4.79 Å². The van der Waals surface area contributed by atoms with Crippen molar-refractivity contribution in [3.63, 3.8) is 0 Å². The third-order valence-corrected chi connectivity index (χ3v) is 4.13. The fourth-order valence-electron chi connectivity index (χ4n) is 2.60. The fourth-order valence-corrected chi connectivity index (χ4v) is 2.60. The molecule has 3 N–H and O–H groups in total. The molecule has 5 nitrogen and oxygen atoms in total. The molecule has 2 rings (SSSR count). The summed E-state index contributed by atoms with van der Waals surface area (Å²) in [4.78, 5) is 23.2. The molecule has 1 fully saturated rings. The van der Waals surface area contributed by atoms with Gasteiger partial charge < -0.3 is 15.7 Å². The second-order valence-electron chi connectivity index (χ2n) is 5.84. The van der Waals surface area contributed by atoms with Crippen LogP contribution < -0.4 is 10.6 Å². The lowest BCUT2D eigenvalue weighted by molar-refractivity contribution is -0.128. The van der Waals surface area contributed by atoms with E-state index in [0.29, 0.717) is 0 Å². The first kappa shape index (κ1) is 18.5. The molecule has 0 spiro atoms. The number of benzene rings is 1. The van der Waals surface area contributed by atoms with Gasteiger partial charge in [0, 0.05) is 0 Å². The summed E-state index contributed by atoms with van der Waals surface area (Å²) >= 11 is 0. The Hall–Kier alpha value is -1.59. The minimum Gasteiger partial charge on any atom is -0.478 e. The van der Waals surface area contributed by atoms with Gasteiger partial charge in [-0.1, -0.05) is 12.1 Å². The van der Waals surface area contributed by atoms with Crippen LogP contribution in [-0.2, 0) is 4.79 Å². The average Bonchev–Trinajstić information content (AvgIpc) is 2.48. The highest BCUT2D eigenvalue weighted by atomic mass is 35.5. The molecular weight excluding hydrogens is 304 g/mol. The summed E-state index contributed by atoms with van der Waals surface area (Å²) < 4.78 is 0. The highest BCUT2D eigenvalue weighted by Gasteiger charge is 2.34. The van der Waals surface area contributed by atoms with Gasteiger partial charge in [-0.3, -0.25) is 4.79 Å². The second kappa shape index (κ2) is 7.61. The topological polar surface area (TPSA) is 78.4 Å². The summed E-state index contributed by atoms with van der Waals surface area (Å²) in [7, 11) is 0. The van der Waals surface area contributed by atoms with E-state index in [0.717, 1.165) is 31.4 Å². The monoisotopic (exact) mass is 326 g/mol. The van der Waals surface area contributed by atoms with E-state index in [1.807, 2.05) is 13.8 Å². The molecule has 0 aromatic heterocycles. The first-order valence-corrected chi connectivity index (χ1v) is 7.32. The zero-order valence-electron chi connectivity index (χ0n) is 12.9. The van der Waals surface area contributed by atoms with E-state index < -0.39 is 11.5 Å². The summed E-state index contributed by atoms with van der Waals surface area (Å²) in [5.41, 5.74) is 0.638. The van der Waals surface area contributed by atoms with Gasteiger partial charge in [0.25, 0.3) is 0 Å². The molecule has 1 aromatic carbocycles. The molecule has 1 heterocycles. The van der Waals surface area contributed by atoms with E-state index in [-0.39, 0.29) is 29.9 Å². The van der Waals surface area contributed by atoms with Crippen LogP contribution in [0.5, 0.6) is 0 Å². The summed E-state index contributed by atoms with van der Waals surface area (Å²) in [5.74, 6) is -0.950. The van der Waals surface area contributed by atoms with Crippen LogP contribution in [0.25, 0.3) is 0 Å². The Morgan fingerprint density at radius 1 is 1.27 bits per heavy atom. The molecule has 0 aliphatic carbocycles. The lowest BCUT2D eigenvalue weighted by atomic mass is 9.89. The van der Waals surface area contributed by atoms with Crippen molar-refractivity contribution in [1.82, 2.24) is 10.6 Å². The van der Waals surface area contributed by atoms with Crippen molar-refractivity contribution in [2.75, 3.05) is 6.54 Å². The molecule has 22 heavy (non-hydrogen) atoms. The SMILES string of the molecule is C[C@H](NC(=O)[C@@]1(C)CCCCN1)c1ccc(C(=O)O)cc1.Cl. The highest BCUT2D eigenvalue weighted by Crippen LogP contribution is 2.21. The third-order valence-electron chi connectivity index (χ3n) is 4.13. The molecule has 1 aromatic rings.